The molecule has 0 nitrogen and oxygen atoms in total. The van der Waals surface area contributed by atoms with Crippen molar-refractivity contribution >= 4 is 21.5 Å². The maximum absolute atomic E-state index is 3.56. The Morgan fingerprint density at radius 1 is 1.00 bits per heavy atom. The maximum Gasteiger partial charge on any atom is 4.00 e. The van der Waals surface area contributed by atoms with Gasteiger partial charge in [0.1, 0.15) is 0 Å². The first kappa shape index (κ1) is 27.0. The van der Waals surface area contributed by atoms with Gasteiger partial charge in [0.25, 0.3) is 0 Å². The van der Waals surface area contributed by atoms with Crippen LogP contribution in [0.25, 0.3) is 21.5 Å². The minimum Gasteiger partial charge on any atom is -1.00 e. The van der Waals surface area contributed by atoms with Crippen LogP contribution in [0.4, 0.5) is 0 Å². The Morgan fingerprint density at radius 2 is 1.46 bits per heavy atom. The normalized spacial score (nSPS) is 10.2. The molecular weight excluding hydrogens is 438 g/mol. The summed E-state index contributed by atoms with van der Waals surface area (Å²) in [5, 5.41) is 5.39. The van der Waals surface area contributed by atoms with Crippen LogP contribution < -0.4 is 24.8 Å². The summed E-state index contributed by atoms with van der Waals surface area (Å²) in [5.41, 5.74) is 1.02. The molecular formula is C23H22Cl2Zr. The second kappa shape index (κ2) is 14.9. The molecule has 0 aliphatic heterocycles. The Balaban J connectivity index is 0. The van der Waals surface area contributed by atoms with Gasteiger partial charge in [-0.05, 0) is 6.92 Å². The number of hydrogen-bond donors (Lipinski definition) is 0. The zero-order valence-electron chi connectivity index (χ0n) is 14.9. The number of benzene rings is 2. The van der Waals surface area contributed by atoms with Crippen LogP contribution in [0.1, 0.15) is 13.3 Å². The van der Waals surface area contributed by atoms with E-state index in [-0.39, 0.29) is 51.0 Å². The molecule has 0 radical (unpaired) electrons. The van der Waals surface area contributed by atoms with E-state index in [2.05, 4.69) is 79.9 Å². The molecule has 0 amide bonds. The maximum atomic E-state index is 3.56. The quantitative estimate of drug-likeness (QED) is 0.372. The molecule has 26 heavy (non-hydrogen) atoms. The standard InChI is InChI=1S/C13H9.C5H5.C5H8.2ClH.Zr/c1-3-7-12-10(5-1)9-11-6-2-4-8-13(11)12;1-2-4-5-3-1;1-4-5(2)3;;;/h1-9H;1-3H,4H2;4H,1-2H2,3H3;2*1H;/q2*-1;;;;+4/p-2. The van der Waals surface area contributed by atoms with Gasteiger partial charge in [-0.25, -0.2) is 12.2 Å². The van der Waals surface area contributed by atoms with E-state index < -0.39 is 0 Å². The number of halogens is 2. The third-order valence-corrected chi connectivity index (χ3v) is 3.46. The monoisotopic (exact) mass is 458 g/mol. The van der Waals surface area contributed by atoms with E-state index in [4.69, 9.17) is 0 Å². The summed E-state index contributed by atoms with van der Waals surface area (Å²) in [4.78, 5) is 0. The van der Waals surface area contributed by atoms with Gasteiger partial charge in [-0.3, -0.25) is 6.08 Å². The fourth-order valence-corrected chi connectivity index (χ4v) is 2.24. The minimum atomic E-state index is 0. The Hall–Kier alpha value is -1.27. The van der Waals surface area contributed by atoms with Gasteiger partial charge < -0.3 is 24.8 Å². The van der Waals surface area contributed by atoms with E-state index >= 15 is 0 Å². The largest absolute Gasteiger partial charge is 4.00 e. The molecule has 3 heteroatoms. The minimum absolute atomic E-state index is 0. The van der Waals surface area contributed by atoms with Gasteiger partial charge in [0, 0.05) is 0 Å². The summed E-state index contributed by atoms with van der Waals surface area (Å²) in [6.45, 7) is 8.93. The number of hydrogen-bond acceptors (Lipinski definition) is 0. The molecule has 0 saturated carbocycles. The molecule has 0 N–H and O–H groups in total. The summed E-state index contributed by atoms with van der Waals surface area (Å²) in [7, 11) is 0. The molecule has 0 aromatic heterocycles. The van der Waals surface area contributed by atoms with E-state index in [0.29, 0.717) is 0 Å². The first-order valence-corrected chi connectivity index (χ1v) is 7.75. The zero-order valence-corrected chi connectivity index (χ0v) is 18.9. The van der Waals surface area contributed by atoms with Crippen LogP contribution in [-0.4, -0.2) is 0 Å². The van der Waals surface area contributed by atoms with E-state index in [0.717, 1.165) is 12.0 Å². The van der Waals surface area contributed by atoms with E-state index in [1.54, 1.807) is 6.08 Å². The van der Waals surface area contributed by atoms with Crippen molar-refractivity contribution in [3.05, 3.63) is 104 Å². The van der Waals surface area contributed by atoms with Gasteiger partial charge in [-0.15, -0.1) is 46.2 Å². The van der Waals surface area contributed by atoms with Crippen molar-refractivity contribution in [2.75, 3.05) is 0 Å². The molecule has 132 valence electrons. The van der Waals surface area contributed by atoms with Crippen molar-refractivity contribution in [3.8, 4) is 0 Å². The number of rotatable bonds is 1. The van der Waals surface area contributed by atoms with Crippen molar-refractivity contribution in [3.63, 3.8) is 0 Å². The van der Waals surface area contributed by atoms with Crippen molar-refractivity contribution in [2.24, 2.45) is 0 Å². The number of allylic oxidation sites excluding steroid dienone is 6. The van der Waals surface area contributed by atoms with Gasteiger partial charge >= 0.3 is 26.2 Å². The van der Waals surface area contributed by atoms with Gasteiger partial charge in [-0.1, -0.05) is 61.2 Å². The van der Waals surface area contributed by atoms with Gasteiger partial charge in [0.2, 0.25) is 0 Å². The first-order valence-electron chi connectivity index (χ1n) is 7.75. The predicted octanol–water partition coefficient (Wildman–Crippen LogP) is 0.772. The van der Waals surface area contributed by atoms with Crippen molar-refractivity contribution in [2.45, 2.75) is 13.3 Å². The predicted molar refractivity (Wildman–Crippen MR) is 104 cm³/mol. The van der Waals surface area contributed by atoms with Crippen LogP contribution in [0.5, 0.6) is 0 Å². The number of fused-ring (bicyclic) bond motifs is 3. The van der Waals surface area contributed by atoms with Crippen LogP contribution >= 0.6 is 0 Å². The van der Waals surface area contributed by atoms with Crippen molar-refractivity contribution < 1.29 is 51.0 Å². The summed E-state index contributed by atoms with van der Waals surface area (Å²) < 4.78 is 0. The molecule has 0 bridgehead atoms. The Kier molecular flexibility index (Phi) is 15.4. The molecule has 0 saturated heterocycles. The first-order chi connectivity index (χ1) is 11.2. The summed E-state index contributed by atoms with van der Waals surface area (Å²) in [6, 6.07) is 19.3. The summed E-state index contributed by atoms with van der Waals surface area (Å²) in [5.74, 6) is 0. The van der Waals surface area contributed by atoms with Crippen molar-refractivity contribution in [1.82, 2.24) is 0 Å². The molecule has 0 fully saturated rings. The van der Waals surface area contributed by atoms with Gasteiger partial charge in [0.05, 0.1) is 0 Å². The molecule has 0 spiro atoms. The Morgan fingerprint density at radius 3 is 1.77 bits per heavy atom. The second-order valence-electron chi connectivity index (χ2n) is 5.37. The smallest absolute Gasteiger partial charge is 1.00 e. The van der Waals surface area contributed by atoms with Gasteiger partial charge in [-0.2, -0.15) is 6.08 Å². The molecule has 3 aromatic rings. The average molecular weight is 461 g/mol. The fraction of sp³-hybridized carbons (Fsp3) is 0.0870. The van der Waals surface area contributed by atoms with Gasteiger partial charge in [0.15, 0.2) is 0 Å². The van der Waals surface area contributed by atoms with Crippen LogP contribution in [-0.2, 0) is 26.2 Å². The fourth-order valence-electron chi connectivity index (χ4n) is 2.24. The third-order valence-electron chi connectivity index (χ3n) is 3.46. The molecule has 0 heterocycles. The van der Waals surface area contributed by atoms with E-state index in [1.165, 1.54) is 21.5 Å². The molecule has 1 aliphatic carbocycles. The van der Waals surface area contributed by atoms with Crippen molar-refractivity contribution in [1.29, 1.82) is 0 Å². The Labute approximate surface area is 188 Å². The molecule has 0 atom stereocenters. The van der Waals surface area contributed by atoms with E-state index in [9.17, 15) is 0 Å². The summed E-state index contributed by atoms with van der Waals surface area (Å²) in [6.07, 6.45) is 11.7. The SMILES string of the molecule is C=CC(=C)C.[C-]1=CC=CC1.[Cl-].[Cl-].[Zr+4].c1ccc2c(c1)[cH-]c1ccccc12. The van der Waals surface area contributed by atoms with Crippen LogP contribution in [0.15, 0.2) is 97.6 Å². The molecule has 1 aliphatic rings. The summed E-state index contributed by atoms with van der Waals surface area (Å²) >= 11 is 0. The third kappa shape index (κ3) is 8.41. The van der Waals surface area contributed by atoms with Crippen LogP contribution in [0, 0.1) is 6.08 Å². The van der Waals surface area contributed by atoms with E-state index in [1.807, 2.05) is 19.1 Å². The molecule has 3 aromatic carbocycles. The van der Waals surface area contributed by atoms with Crippen LogP contribution in [0.3, 0.4) is 0 Å². The zero-order chi connectivity index (χ0) is 16.5. The van der Waals surface area contributed by atoms with Crippen LogP contribution in [0.2, 0.25) is 0 Å². The average Bonchev–Trinajstić information content (AvgIpc) is 3.26. The molecule has 0 unspecified atom stereocenters. The molecule has 4 rings (SSSR count). The second-order valence-corrected chi connectivity index (χ2v) is 5.37. The Bertz CT molecular complexity index is 796. The topological polar surface area (TPSA) is 0 Å².